The van der Waals surface area contributed by atoms with Gasteiger partial charge in [0.15, 0.2) is 5.75 Å². The van der Waals surface area contributed by atoms with Crippen LogP contribution in [0.5, 0.6) is 5.75 Å². The van der Waals surface area contributed by atoms with Crippen LogP contribution in [0.2, 0.25) is 0 Å². The van der Waals surface area contributed by atoms with Crippen LogP contribution in [0.4, 0.5) is 13.2 Å². The first kappa shape index (κ1) is 9.76. The highest BCUT2D eigenvalue weighted by molar-refractivity contribution is 5.79. The zero-order chi connectivity index (χ0) is 11.2. The van der Waals surface area contributed by atoms with E-state index in [9.17, 15) is 18.0 Å². The molecule has 0 saturated heterocycles. The van der Waals surface area contributed by atoms with Crippen LogP contribution in [-0.4, -0.2) is 5.11 Å². The van der Waals surface area contributed by atoms with E-state index in [-0.39, 0.29) is 11.3 Å². The van der Waals surface area contributed by atoms with Crippen molar-refractivity contribution in [3.63, 3.8) is 0 Å². The molecule has 0 aliphatic heterocycles. The second kappa shape index (κ2) is 2.85. The van der Waals surface area contributed by atoms with Gasteiger partial charge in [-0.15, -0.1) is 0 Å². The van der Waals surface area contributed by atoms with E-state index in [1.165, 1.54) is 12.1 Å². The molecule has 2 nitrogen and oxygen atoms in total. The Kier molecular flexibility index (Phi) is 1.86. The van der Waals surface area contributed by atoms with Crippen LogP contribution in [0.1, 0.15) is 5.56 Å². The van der Waals surface area contributed by atoms with E-state index in [4.69, 9.17) is 5.11 Å². The number of hydrogen-bond acceptors (Lipinski definition) is 2. The molecular weight excluding hydrogens is 209 g/mol. The van der Waals surface area contributed by atoms with Crippen molar-refractivity contribution in [1.82, 2.24) is 0 Å². The summed E-state index contributed by atoms with van der Waals surface area (Å²) in [6, 6.07) is 4.08. The summed E-state index contributed by atoms with van der Waals surface area (Å²) < 4.78 is 36.5. The molecule has 0 heterocycles. The van der Waals surface area contributed by atoms with E-state index in [1.807, 2.05) is 0 Å². The Labute approximate surface area is 82.3 Å². The summed E-state index contributed by atoms with van der Waals surface area (Å²) in [7, 11) is 0. The van der Waals surface area contributed by atoms with Crippen LogP contribution in [0.25, 0.3) is 11.1 Å². The lowest BCUT2D eigenvalue weighted by Gasteiger charge is -2.05. The Bertz CT molecular complexity index is 501. The standard InChI is InChI=1S/C10H5F3O2/c11-10(12,13)6-3-1-5(2-4-6)7-8(14)9(7)15/h1-4,14H. The maximum Gasteiger partial charge on any atom is 0.416 e. The van der Waals surface area contributed by atoms with Crippen LogP contribution >= 0.6 is 0 Å². The predicted octanol–water partition coefficient (Wildman–Crippen LogP) is 2.31. The fourth-order valence-electron chi connectivity index (χ4n) is 1.25. The summed E-state index contributed by atoms with van der Waals surface area (Å²) in [6.45, 7) is 0. The van der Waals surface area contributed by atoms with Crippen molar-refractivity contribution in [2.75, 3.05) is 0 Å². The first-order chi connectivity index (χ1) is 6.91. The minimum Gasteiger partial charge on any atom is -0.504 e. The highest BCUT2D eigenvalue weighted by Crippen LogP contribution is 2.34. The molecule has 0 spiro atoms. The zero-order valence-electron chi connectivity index (χ0n) is 7.30. The first-order valence-corrected chi connectivity index (χ1v) is 4.07. The maximum absolute atomic E-state index is 12.2. The Morgan fingerprint density at radius 3 is 1.87 bits per heavy atom. The fourth-order valence-corrected chi connectivity index (χ4v) is 1.25. The fraction of sp³-hybridized carbons (Fsp3) is 0.100. The summed E-state index contributed by atoms with van der Waals surface area (Å²) in [5.41, 5.74) is -0.872. The highest BCUT2D eigenvalue weighted by Gasteiger charge is 2.31. The van der Waals surface area contributed by atoms with E-state index < -0.39 is 17.2 Å². The van der Waals surface area contributed by atoms with Gasteiger partial charge in [0.25, 0.3) is 0 Å². The average molecular weight is 214 g/mol. The molecule has 0 saturated carbocycles. The molecule has 2 aromatic carbocycles. The number of benzene rings is 1. The molecule has 0 unspecified atom stereocenters. The molecular formula is C10H5F3O2. The van der Waals surface area contributed by atoms with Crippen molar-refractivity contribution < 1.29 is 18.3 Å². The number of aromatic hydroxyl groups is 1. The molecule has 0 amide bonds. The molecule has 0 bridgehead atoms. The third kappa shape index (κ3) is 1.60. The normalized spacial score (nSPS) is 12.2. The van der Waals surface area contributed by atoms with E-state index in [0.29, 0.717) is 5.56 Å². The van der Waals surface area contributed by atoms with Crippen molar-refractivity contribution in [3.8, 4) is 16.9 Å². The van der Waals surface area contributed by atoms with Crippen LogP contribution < -0.4 is 5.43 Å². The number of rotatable bonds is 1. The smallest absolute Gasteiger partial charge is 0.416 e. The lowest BCUT2D eigenvalue weighted by molar-refractivity contribution is -0.137. The molecule has 2 aromatic rings. The van der Waals surface area contributed by atoms with Gasteiger partial charge in [0.05, 0.1) is 11.1 Å². The molecule has 0 radical (unpaired) electrons. The summed E-state index contributed by atoms with van der Waals surface area (Å²) >= 11 is 0. The molecule has 0 aliphatic rings. The van der Waals surface area contributed by atoms with Gasteiger partial charge in [-0.1, -0.05) is 12.1 Å². The molecule has 1 N–H and O–H groups in total. The van der Waals surface area contributed by atoms with Crippen molar-refractivity contribution in [2.24, 2.45) is 0 Å². The minimum atomic E-state index is -4.39. The van der Waals surface area contributed by atoms with E-state index >= 15 is 0 Å². The summed E-state index contributed by atoms with van der Waals surface area (Å²) in [4.78, 5) is 10.8. The van der Waals surface area contributed by atoms with Gasteiger partial charge >= 0.3 is 6.18 Å². The van der Waals surface area contributed by atoms with E-state index in [2.05, 4.69) is 0 Å². The maximum atomic E-state index is 12.2. The Morgan fingerprint density at radius 2 is 1.53 bits per heavy atom. The Balaban J connectivity index is 2.34. The molecule has 0 aromatic heterocycles. The van der Waals surface area contributed by atoms with E-state index in [0.717, 1.165) is 12.1 Å². The SMILES string of the molecule is O=c1c(O)c1-c1ccc(C(F)(F)F)cc1. The van der Waals surface area contributed by atoms with Gasteiger partial charge in [-0.3, -0.25) is 4.79 Å². The van der Waals surface area contributed by atoms with Crippen LogP contribution in [-0.2, 0) is 6.18 Å². The van der Waals surface area contributed by atoms with Gasteiger partial charge in [-0.05, 0) is 17.7 Å². The van der Waals surface area contributed by atoms with Crippen molar-refractivity contribution in [1.29, 1.82) is 0 Å². The topological polar surface area (TPSA) is 37.3 Å². The molecule has 0 aliphatic carbocycles. The Hall–Kier alpha value is -1.78. The third-order valence-corrected chi connectivity index (χ3v) is 2.12. The van der Waals surface area contributed by atoms with E-state index in [1.54, 1.807) is 0 Å². The monoisotopic (exact) mass is 214 g/mol. The number of hydrogen-bond donors (Lipinski definition) is 1. The quantitative estimate of drug-likeness (QED) is 0.790. The predicted molar refractivity (Wildman–Crippen MR) is 47.2 cm³/mol. The van der Waals surface area contributed by atoms with Crippen LogP contribution in [0, 0.1) is 0 Å². The van der Waals surface area contributed by atoms with Gasteiger partial charge < -0.3 is 5.11 Å². The second-order valence-corrected chi connectivity index (χ2v) is 3.13. The summed E-state index contributed by atoms with van der Waals surface area (Å²) in [5, 5.41) is 8.89. The van der Waals surface area contributed by atoms with Gasteiger partial charge in [-0.2, -0.15) is 13.2 Å². The largest absolute Gasteiger partial charge is 0.504 e. The highest BCUT2D eigenvalue weighted by atomic mass is 19.4. The molecule has 0 fully saturated rings. The minimum absolute atomic E-state index is 0.101. The van der Waals surface area contributed by atoms with Gasteiger partial charge in [0.1, 0.15) is 0 Å². The van der Waals surface area contributed by atoms with Crippen molar-refractivity contribution in [3.05, 3.63) is 40.1 Å². The second-order valence-electron chi connectivity index (χ2n) is 3.13. The molecule has 0 atom stereocenters. The lowest BCUT2D eigenvalue weighted by Crippen LogP contribution is -2.03. The first-order valence-electron chi connectivity index (χ1n) is 4.07. The van der Waals surface area contributed by atoms with Gasteiger partial charge in [0.2, 0.25) is 5.43 Å². The number of halogens is 3. The van der Waals surface area contributed by atoms with Crippen LogP contribution in [0.3, 0.4) is 0 Å². The summed E-state index contributed by atoms with van der Waals surface area (Å²) in [6.07, 6.45) is -4.39. The number of alkyl halides is 3. The molecule has 2 rings (SSSR count). The van der Waals surface area contributed by atoms with Crippen molar-refractivity contribution >= 4 is 0 Å². The zero-order valence-corrected chi connectivity index (χ0v) is 7.30. The summed E-state index contributed by atoms with van der Waals surface area (Å²) in [5.74, 6) is -0.366. The van der Waals surface area contributed by atoms with Gasteiger partial charge in [-0.25, -0.2) is 0 Å². The third-order valence-electron chi connectivity index (χ3n) is 2.12. The average Bonchev–Trinajstić information content (AvgIpc) is 2.74. The van der Waals surface area contributed by atoms with Gasteiger partial charge in [0, 0.05) is 0 Å². The molecule has 78 valence electrons. The Morgan fingerprint density at radius 1 is 1.07 bits per heavy atom. The molecule has 15 heavy (non-hydrogen) atoms. The lowest BCUT2D eigenvalue weighted by atomic mass is 10.1. The molecule has 5 heteroatoms. The van der Waals surface area contributed by atoms with Crippen LogP contribution in [0.15, 0.2) is 29.1 Å². The van der Waals surface area contributed by atoms with Crippen molar-refractivity contribution in [2.45, 2.75) is 6.18 Å².